The van der Waals surface area contributed by atoms with Crippen molar-refractivity contribution in [2.24, 2.45) is 11.7 Å². The van der Waals surface area contributed by atoms with Gasteiger partial charge in [-0.25, -0.2) is 4.39 Å². The van der Waals surface area contributed by atoms with Gasteiger partial charge < -0.3 is 16.4 Å². The summed E-state index contributed by atoms with van der Waals surface area (Å²) in [7, 11) is 0. The molecule has 0 spiro atoms. The zero-order valence-corrected chi connectivity index (χ0v) is 11.1. The number of amides is 1. The Kier molecular flexibility index (Phi) is 4.37. The van der Waals surface area contributed by atoms with E-state index >= 15 is 0 Å². The summed E-state index contributed by atoms with van der Waals surface area (Å²) in [6.45, 7) is 4.52. The first-order valence-electron chi connectivity index (χ1n) is 6.62. The Morgan fingerprint density at radius 1 is 1.58 bits per heavy atom. The Morgan fingerprint density at radius 3 is 3.00 bits per heavy atom. The smallest absolute Gasteiger partial charge is 0.248 e. The van der Waals surface area contributed by atoms with Gasteiger partial charge in [0.1, 0.15) is 5.82 Å². The van der Waals surface area contributed by atoms with Gasteiger partial charge >= 0.3 is 0 Å². The number of piperidine rings is 1. The Balaban J connectivity index is 2.08. The highest BCUT2D eigenvalue weighted by Gasteiger charge is 2.14. The lowest BCUT2D eigenvalue weighted by atomic mass is 9.99. The summed E-state index contributed by atoms with van der Waals surface area (Å²) in [6, 6.07) is 2.81. The number of carbonyl (C=O) groups excluding carboxylic acids is 1. The largest absolute Gasteiger partial charge is 0.384 e. The van der Waals surface area contributed by atoms with Crippen LogP contribution in [0.5, 0.6) is 0 Å². The molecule has 0 aliphatic carbocycles. The van der Waals surface area contributed by atoms with Gasteiger partial charge in [0.15, 0.2) is 0 Å². The van der Waals surface area contributed by atoms with Crippen LogP contribution >= 0.6 is 0 Å². The molecule has 1 fully saturated rings. The van der Waals surface area contributed by atoms with Crippen LogP contribution in [0.15, 0.2) is 12.1 Å². The highest BCUT2D eigenvalue weighted by molar-refractivity contribution is 5.94. The van der Waals surface area contributed by atoms with Crippen molar-refractivity contribution in [2.75, 3.05) is 25.0 Å². The lowest BCUT2D eigenvalue weighted by Gasteiger charge is -2.24. The SMILES string of the molecule is Cc1c(F)cc(C(N)=O)cc1NCC1CCCNC1. The fourth-order valence-electron chi connectivity index (χ4n) is 2.36. The summed E-state index contributed by atoms with van der Waals surface area (Å²) in [5, 5.41) is 6.57. The van der Waals surface area contributed by atoms with Crippen LogP contribution in [-0.4, -0.2) is 25.5 Å². The van der Waals surface area contributed by atoms with Gasteiger partial charge in [0, 0.05) is 23.4 Å². The van der Waals surface area contributed by atoms with Crippen molar-refractivity contribution in [3.05, 3.63) is 29.1 Å². The minimum absolute atomic E-state index is 0.201. The first-order valence-corrected chi connectivity index (χ1v) is 6.62. The monoisotopic (exact) mass is 265 g/mol. The molecule has 4 nitrogen and oxygen atoms in total. The van der Waals surface area contributed by atoms with Gasteiger partial charge in [-0.15, -0.1) is 0 Å². The molecule has 1 saturated heterocycles. The van der Waals surface area contributed by atoms with Crippen molar-refractivity contribution in [1.29, 1.82) is 0 Å². The molecule has 4 N–H and O–H groups in total. The third-order valence-electron chi connectivity index (χ3n) is 3.61. The lowest BCUT2D eigenvalue weighted by Crippen LogP contribution is -2.33. The Morgan fingerprint density at radius 2 is 2.37 bits per heavy atom. The summed E-state index contributed by atoms with van der Waals surface area (Å²) >= 11 is 0. The maximum atomic E-state index is 13.7. The summed E-state index contributed by atoms with van der Waals surface area (Å²) < 4.78 is 13.7. The highest BCUT2D eigenvalue weighted by atomic mass is 19.1. The van der Waals surface area contributed by atoms with E-state index in [-0.39, 0.29) is 5.56 Å². The van der Waals surface area contributed by atoms with Crippen molar-refractivity contribution in [2.45, 2.75) is 19.8 Å². The van der Waals surface area contributed by atoms with Crippen LogP contribution < -0.4 is 16.4 Å². The van der Waals surface area contributed by atoms with Gasteiger partial charge in [-0.3, -0.25) is 4.79 Å². The zero-order chi connectivity index (χ0) is 13.8. The van der Waals surface area contributed by atoms with Gasteiger partial charge in [-0.05, 0) is 50.9 Å². The summed E-state index contributed by atoms with van der Waals surface area (Å²) in [6.07, 6.45) is 2.33. The minimum atomic E-state index is -0.610. The van der Waals surface area contributed by atoms with Crippen molar-refractivity contribution in [1.82, 2.24) is 5.32 Å². The Bertz CT molecular complexity index is 470. The van der Waals surface area contributed by atoms with Crippen LogP contribution in [0.3, 0.4) is 0 Å². The van der Waals surface area contributed by atoms with E-state index in [1.807, 2.05) is 0 Å². The van der Waals surface area contributed by atoms with Gasteiger partial charge in [0.25, 0.3) is 0 Å². The molecule has 1 heterocycles. The fourth-order valence-corrected chi connectivity index (χ4v) is 2.36. The standard InChI is InChI=1S/C14H20FN3O/c1-9-12(15)5-11(14(16)19)6-13(9)18-8-10-3-2-4-17-7-10/h5-6,10,17-18H,2-4,7-8H2,1H3,(H2,16,19). The lowest BCUT2D eigenvalue weighted by molar-refractivity contribution is 0.1000. The van der Waals surface area contributed by atoms with E-state index < -0.39 is 11.7 Å². The first-order chi connectivity index (χ1) is 9.08. The van der Waals surface area contributed by atoms with Crippen LogP contribution in [0.1, 0.15) is 28.8 Å². The highest BCUT2D eigenvalue weighted by Crippen LogP contribution is 2.21. The number of anilines is 1. The molecule has 5 heteroatoms. The van der Waals surface area contributed by atoms with Crippen molar-refractivity contribution in [3.8, 4) is 0 Å². The molecular formula is C14H20FN3O. The molecular weight excluding hydrogens is 245 g/mol. The summed E-state index contributed by atoms with van der Waals surface area (Å²) in [5.41, 5.74) is 6.57. The molecule has 1 amide bonds. The molecule has 1 aromatic rings. The second-order valence-corrected chi connectivity index (χ2v) is 5.09. The summed E-state index contributed by atoms with van der Waals surface area (Å²) in [5.74, 6) is -0.477. The summed E-state index contributed by atoms with van der Waals surface area (Å²) in [4.78, 5) is 11.1. The predicted octanol–water partition coefficient (Wildman–Crippen LogP) is 1.64. The molecule has 1 aliphatic rings. The second kappa shape index (κ2) is 6.02. The van der Waals surface area contributed by atoms with Crippen LogP contribution in [-0.2, 0) is 0 Å². The molecule has 2 rings (SSSR count). The number of nitrogens with one attached hydrogen (secondary N) is 2. The number of rotatable bonds is 4. The van der Waals surface area contributed by atoms with Gasteiger partial charge in [-0.1, -0.05) is 0 Å². The second-order valence-electron chi connectivity index (χ2n) is 5.09. The van der Waals surface area contributed by atoms with Crippen LogP contribution in [0, 0.1) is 18.7 Å². The maximum absolute atomic E-state index is 13.7. The third-order valence-corrected chi connectivity index (χ3v) is 3.61. The number of halogens is 1. The topological polar surface area (TPSA) is 67.2 Å². The van der Waals surface area contributed by atoms with E-state index in [2.05, 4.69) is 10.6 Å². The predicted molar refractivity (Wildman–Crippen MR) is 73.7 cm³/mol. The zero-order valence-electron chi connectivity index (χ0n) is 11.1. The van der Waals surface area contributed by atoms with Crippen LogP contribution in [0.25, 0.3) is 0 Å². The molecule has 0 aromatic heterocycles. The molecule has 1 aromatic carbocycles. The molecule has 19 heavy (non-hydrogen) atoms. The average molecular weight is 265 g/mol. The average Bonchev–Trinajstić information content (AvgIpc) is 2.41. The quantitative estimate of drug-likeness (QED) is 0.775. The van der Waals surface area contributed by atoms with E-state index in [0.29, 0.717) is 17.2 Å². The number of primary amides is 1. The number of carbonyl (C=O) groups is 1. The number of hydrogen-bond acceptors (Lipinski definition) is 3. The van der Waals surface area contributed by atoms with Crippen LogP contribution in [0.2, 0.25) is 0 Å². The van der Waals surface area contributed by atoms with Gasteiger partial charge in [0.05, 0.1) is 0 Å². The van der Waals surface area contributed by atoms with E-state index in [1.165, 1.54) is 12.5 Å². The molecule has 1 atom stereocenters. The molecule has 0 saturated carbocycles. The minimum Gasteiger partial charge on any atom is -0.384 e. The molecule has 0 bridgehead atoms. The van der Waals surface area contributed by atoms with E-state index in [1.54, 1.807) is 13.0 Å². The fraction of sp³-hybridized carbons (Fsp3) is 0.500. The Hall–Kier alpha value is -1.62. The van der Waals surface area contributed by atoms with E-state index in [9.17, 15) is 9.18 Å². The normalized spacial score (nSPS) is 19.2. The van der Waals surface area contributed by atoms with Crippen molar-refractivity contribution >= 4 is 11.6 Å². The van der Waals surface area contributed by atoms with Crippen LogP contribution in [0.4, 0.5) is 10.1 Å². The molecule has 0 radical (unpaired) electrons. The molecule has 1 aliphatic heterocycles. The van der Waals surface area contributed by atoms with Gasteiger partial charge in [-0.2, -0.15) is 0 Å². The van der Waals surface area contributed by atoms with E-state index in [4.69, 9.17) is 5.73 Å². The molecule has 1 unspecified atom stereocenters. The number of hydrogen-bond donors (Lipinski definition) is 3. The molecule has 104 valence electrons. The van der Waals surface area contributed by atoms with Crippen molar-refractivity contribution in [3.63, 3.8) is 0 Å². The van der Waals surface area contributed by atoms with E-state index in [0.717, 1.165) is 26.1 Å². The van der Waals surface area contributed by atoms with Gasteiger partial charge in [0.2, 0.25) is 5.91 Å². The third kappa shape index (κ3) is 3.44. The maximum Gasteiger partial charge on any atom is 0.248 e. The first kappa shape index (κ1) is 13.8. The Labute approximate surface area is 112 Å². The number of nitrogens with two attached hydrogens (primary N) is 1. The van der Waals surface area contributed by atoms with Crippen molar-refractivity contribution < 1.29 is 9.18 Å². The number of benzene rings is 1.